The first-order valence-corrected chi connectivity index (χ1v) is 14.7. The molecular formula is C30H40O6Si. The van der Waals surface area contributed by atoms with Gasteiger partial charge in [-0.25, -0.2) is 4.79 Å². The lowest BCUT2D eigenvalue weighted by molar-refractivity contribution is -0.143. The van der Waals surface area contributed by atoms with E-state index in [0.717, 1.165) is 0 Å². The van der Waals surface area contributed by atoms with Gasteiger partial charge in [-0.3, -0.25) is 0 Å². The second-order valence-electron chi connectivity index (χ2n) is 10.2. The molecule has 0 radical (unpaired) electrons. The van der Waals surface area contributed by atoms with Gasteiger partial charge in [0.15, 0.2) is 6.79 Å². The number of carbonyl (C=O) groups excluding carboxylic acids is 1. The van der Waals surface area contributed by atoms with Crippen LogP contribution >= 0.6 is 0 Å². The molecule has 37 heavy (non-hydrogen) atoms. The van der Waals surface area contributed by atoms with Gasteiger partial charge >= 0.3 is 5.97 Å². The van der Waals surface area contributed by atoms with E-state index < -0.39 is 8.32 Å². The van der Waals surface area contributed by atoms with Gasteiger partial charge in [0.25, 0.3) is 8.32 Å². The molecule has 1 fully saturated rings. The fourth-order valence-electron chi connectivity index (χ4n) is 4.95. The minimum absolute atomic E-state index is 0.0319. The fraction of sp³-hybridized carbons (Fsp3) is 0.433. The summed E-state index contributed by atoms with van der Waals surface area (Å²) in [4.78, 5) is 12.7. The molecule has 2 aromatic rings. The van der Waals surface area contributed by atoms with Crippen LogP contribution in [0.5, 0.6) is 0 Å². The van der Waals surface area contributed by atoms with Crippen LogP contribution in [-0.4, -0.2) is 54.6 Å². The van der Waals surface area contributed by atoms with Crippen LogP contribution in [0.3, 0.4) is 0 Å². The third-order valence-corrected chi connectivity index (χ3v) is 11.8. The van der Waals surface area contributed by atoms with E-state index in [4.69, 9.17) is 23.4 Å². The number of rotatable bonds is 13. The Kier molecular flexibility index (Phi) is 10.7. The Morgan fingerprint density at radius 3 is 2.22 bits per heavy atom. The van der Waals surface area contributed by atoms with Gasteiger partial charge in [-0.05, 0) is 21.8 Å². The molecule has 0 aromatic heterocycles. The minimum Gasteiger partial charge on any atom is -0.475 e. The Balaban J connectivity index is 1.89. The van der Waals surface area contributed by atoms with Crippen molar-refractivity contribution in [2.45, 2.75) is 32.2 Å². The first-order valence-electron chi connectivity index (χ1n) is 12.8. The zero-order valence-corrected chi connectivity index (χ0v) is 23.5. The molecule has 2 aromatic carbocycles. The highest BCUT2D eigenvalue weighted by Crippen LogP contribution is 2.38. The van der Waals surface area contributed by atoms with Crippen molar-refractivity contribution in [3.05, 3.63) is 85.2 Å². The number of carbonyl (C=O) groups is 1. The van der Waals surface area contributed by atoms with Gasteiger partial charge in [-0.1, -0.05) is 87.5 Å². The molecule has 200 valence electrons. The summed E-state index contributed by atoms with van der Waals surface area (Å²) in [6.45, 7) is 12.6. The number of esters is 1. The van der Waals surface area contributed by atoms with Crippen LogP contribution in [0.1, 0.15) is 27.2 Å². The van der Waals surface area contributed by atoms with E-state index in [2.05, 4.69) is 75.9 Å². The van der Waals surface area contributed by atoms with Crippen LogP contribution in [0, 0.1) is 11.8 Å². The summed E-state index contributed by atoms with van der Waals surface area (Å²) < 4.78 is 28.4. The predicted octanol–water partition coefficient (Wildman–Crippen LogP) is 4.45. The molecule has 3 rings (SSSR count). The monoisotopic (exact) mass is 524 g/mol. The smallest absolute Gasteiger partial charge is 0.337 e. The highest BCUT2D eigenvalue weighted by Gasteiger charge is 2.50. The molecule has 6 nitrogen and oxygen atoms in total. The van der Waals surface area contributed by atoms with Crippen molar-refractivity contribution < 1.29 is 28.2 Å². The van der Waals surface area contributed by atoms with Gasteiger partial charge in [0, 0.05) is 25.6 Å². The van der Waals surface area contributed by atoms with Crippen molar-refractivity contribution in [2.75, 3.05) is 40.3 Å². The topological polar surface area (TPSA) is 63.2 Å². The van der Waals surface area contributed by atoms with E-state index >= 15 is 0 Å². The van der Waals surface area contributed by atoms with Gasteiger partial charge in [-0.2, -0.15) is 0 Å². The first-order chi connectivity index (χ1) is 17.8. The lowest BCUT2D eigenvalue weighted by atomic mass is 9.83. The Bertz CT molecular complexity index is 976. The third-order valence-electron chi connectivity index (χ3n) is 6.82. The maximum Gasteiger partial charge on any atom is 0.337 e. The lowest BCUT2D eigenvalue weighted by Crippen LogP contribution is -2.67. The normalized spacial score (nSPS) is 18.3. The van der Waals surface area contributed by atoms with Gasteiger partial charge in [0.1, 0.15) is 0 Å². The zero-order valence-electron chi connectivity index (χ0n) is 22.5. The van der Waals surface area contributed by atoms with E-state index in [1.807, 2.05) is 18.2 Å². The molecule has 1 aliphatic heterocycles. The molecule has 0 spiro atoms. The second-order valence-corrected chi connectivity index (χ2v) is 14.5. The van der Waals surface area contributed by atoms with Gasteiger partial charge < -0.3 is 23.4 Å². The Labute approximate surface area is 222 Å². The average Bonchev–Trinajstić information content (AvgIpc) is 2.90. The van der Waals surface area contributed by atoms with E-state index in [1.165, 1.54) is 16.6 Å². The van der Waals surface area contributed by atoms with Crippen LogP contribution in [0.25, 0.3) is 0 Å². The minimum atomic E-state index is -2.72. The molecule has 0 amide bonds. The maximum atomic E-state index is 12.7. The van der Waals surface area contributed by atoms with Crippen LogP contribution < -0.4 is 10.4 Å². The first kappa shape index (κ1) is 28.9. The van der Waals surface area contributed by atoms with E-state index in [0.29, 0.717) is 38.4 Å². The molecule has 0 bridgehead atoms. The highest BCUT2D eigenvalue weighted by molar-refractivity contribution is 6.99. The molecule has 7 heteroatoms. The molecule has 0 unspecified atom stereocenters. The molecule has 2 atom stereocenters. The largest absolute Gasteiger partial charge is 0.475 e. The number of hydrogen-bond acceptors (Lipinski definition) is 6. The van der Waals surface area contributed by atoms with E-state index in [1.54, 1.807) is 7.11 Å². The van der Waals surface area contributed by atoms with Crippen LogP contribution in [-0.2, 0) is 28.2 Å². The zero-order chi connectivity index (χ0) is 26.7. The summed E-state index contributed by atoms with van der Waals surface area (Å²) in [7, 11) is -1.11. The van der Waals surface area contributed by atoms with Crippen LogP contribution in [0.4, 0.5) is 0 Å². The van der Waals surface area contributed by atoms with Gasteiger partial charge in [0.2, 0.25) is 0 Å². The quantitative estimate of drug-likeness (QED) is 0.0734. The van der Waals surface area contributed by atoms with Crippen LogP contribution in [0.15, 0.2) is 85.2 Å². The maximum absolute atomic E-state index is 12.7. The highest BCUT2D eigenvalue weighted by atomic mass is 28.4. The standard InChI is InChI=1S/C30H40O6Si/c1-6-24(27-17-18-35-29(31)28(27)22-34-23-33-20-19-32-5)21-36-37(30(2,3)4,25-13-9-7-10-14-25)26-15-11-8-12-16-26/h6-16,22,24,27H,1,17-21,23H2,2-5H3/b28-22-/t24-,27-/m0/s1. The SMILES string of the molecule is C=C[C@@H](CO[Si](c1ccccc1)(c1ccccc1)C(C)(C)C)[C@@H]1CCOC(=O)/C1=C\OCOCCOC. The van der Waals surface area contributed by atoms with Gasteiger partial charge in [0.05, 0.1) is 31.7 Å². The third kappa shape index (κ3) is 6.99. The summed E-state index contributed by atoms with van der Waals surface area (Å²) in [5, 5.41) is 2.28. The number of benzene rings is 2. The van der Waals surface area contributed by atoms with Crippen LogP contribution in [0.2, 0.25) is 5.04 Å². The van der Waals surface area contributed by atoms with Crippen molar-refractivity contribution in [3.8, 4) is 0 Å². The molecule has 1 aliphatic rings. The number of hydrogen-bond donors (Lipinski definition) is 0. The van der Waals surface area contributed by atoms with Crippen molar-refractivity contribution in [1.82, 2.24) is 0 Å². The number of ether oxygens (including phenoxy) is 4. The summed E-state index contributed by atoms with van der Waals surface area (Å²) in [6, 6.07) is 21.1. The second kappa shape index (κ2) is 13.7. The predicted molar refractivity (Wildman–Crippen MR) is 148 cm³/mol. The summed E-state index contributed by atoms with van der Waals surface area (Å²) in [6.07, 6.45) is 4.04. The summed E-state index contributed by atoms with van der Waals surface area (Å²) in [5.41, 5.74) is 0.484. The molecule has 0 N–H and O–H groups in total. The molecule has 1 saturated heterocycles. The molecule has 1 heterocycles. The number of cyclic esters (lactones) is 1. The van der Waals surface area contributed by atoms with Crippen molar-refractivity contribution >= 4 is 24.7 Å². The van der Waals surface area contributed by atoms with Crippen molar-refractivity contribution in [3.63, 3.8) is 0 Å². The number of methoxy groups -OCH3 is 1. The molecule has 0 saturated carbocycles. The Hall–Kier alpha value is -2.71. The van der Waals surface area contributed by atoms with E-state index in [9.17, 15) is 4.79 Å². The average molecular weight is 525 g/mol. The van der Waals surface area contributed by atoms with E-state index in [-0.39, 0.29) is 29.6 Å². The fourth-order valence-corrected chi connectivity index (χ4v) is 9.55. The molecule has 0 aliphatic carbocycles. The van der Waals surface area contributed by atoms with Crippen molar-refractivity contribution in [1.29, 1.82) is 0 Å². The van der Waals surface area contributed by atoms with Crippen molar-refractivity contribution in [2.24, 2.45) is 11.8 Å². The Morgan fingerprint density at radius 2 is 1.68 bits per heavy atom. The van der Waals surface area contributed by atoms with Gasteiger partial charge in [-0.15, -0.1) is 6.58 Å². The lowest BCUT2D eigenvalue weighted by Gasteiger charge is -2.44. The summed E-state index contributed by atoms with van der Waals surface area (Å²) >= 11 is 0. The Morgan fingerprint density at radius 1 is 1.05 bits per heavy atom. The molecular weight excluding hydrogens is 484 g/mol. The summed E-state index contributed by atoms with van der Waals surface area (Å²) in [5.74, 6) is -0.597.